The van der Waals surface area contributed by atoms with E-state index >= 15 is 0 Å². The maximum atomic E-state index is 11.8. The average molecular weight is 298 g/mol. The van der Waals surface area contributed by atoms with E-state index in [2.05, 4.69) is 5.32 Å². The molecule has 122 valence electrons. The number of ether oxygens (including phenoxy) is 2. The second kappa shape index (κ2) is 7.56. The lowest BCUT2D eigenvalue weighted by molar-refractivity contribution is -0.126. The lowest BCUT2D eigenvalue weighted by Crippen LogP contribution is -2.56. The van der Waals surface area contributed by atoms with Crippen LogP contribution in [0.15, 0.2) is 0 Å². The molecular weight excluding hydrogens is 268 g/mol. The second-order valence-electron chi connectivity index (χ2n) is 6.48. The first-order valence-corrected chi connectivity index (χ1v) is 8.25. The Morgan fingerprint density at radius 3 is 2.71 bits per heavy atom. The van der Waals surface area contributed by atoms with Gasteiger partial charge >= 0.3 is 0 Å². The summed E-state index contributed by atoms with van der Waals surface area (Å²) in [7, 11) is 3.62. The van der Waals surface area contributed by atoms with Gasteiger partial charge in [-0.3, -0.25) is 4.79 Å². The predicted octanol–water partition coefficient (Wildman–Crippen LogP) is 1.59. The van der Waals surface area contributed by atoms with E-state index in [1.54, 1.807) is 7.11 Å². The van der Waals surface area contributed by atoms with E-state index in [9.17, 15) is 4.79 Å². The van der Waals surface area contributed by atoms with Crippen LogP contribution in [0.2, 0.25) is 0 Å². The Morgan fingerprint density at radius 1 is 1.29 bits per heavy atom. The molecule has 0 radical (unpaired) electrons. The van der Waals surface area contributed by atoms with Gasteiger partial charge in [0.1, 0.15) is 5.54 Å². The van der Waals surface area contributed by atoms with Gasteiger partial charge in [0.2, 0.25) is 5.91 Å². The number of amides is 1. The van der Waals surface area contributed by atoms with Crippen molar-refractivity contribution < 1.29 is 14.3 Å². The lowest BCUT2D eigenvalue weighted by atomic mass is 9.84. The highest BCUT2D eigenvalue weighted by Gasteiger charge is 2.46. The molecule has 5 heteroatoms. The van der Waals surface area contributed by atoms with Crippen molar-refractivity contribution in [3.05, 3.63) is 0 Å². The van der Waals surface area contributed by atoms with Gasteiger partial charge in [0, 0.05) is 13.7 Å². The smallest absolute Gasteiger partial charge is 0.238 e. The minimum absolute atomic E-state index is 0.218. The van der Waals surface area contributed by atoms with Crippen LogP contribution >= 0.6 is 0 Å². The SMILES string of the molecule is CNC1(C(N)=O)CCCC1CCOC1CCCC(OC)C1. The quantitative estimate of drug-likeness (QED) is 0.748. The van der Waals surface area contributed by atoms with Crippen molar-refractivity contribution in [1.29, 1.82) is 0 Å². The van der Waals surface area contributed by atoms with Crippen LogP contribution in [-0.2, 0) is 14.3 Å². The number of likely N-dealkylation sites (N-methyl/N-ethyl adjacent to an activating group) is 1. The lowest BCUT2D eigenvalue weighted by Gasteiger charge is -2.33. The average Bonchev–Trinajstić information content (AvgIpc) is 2.92. The molecule has 5 nitrogen and oxygen atoms in total. The van der Waals surface area contributed by atoms with Crippen LogP contribution in [0.5, 0.6) is 0 Å². The number of hydrogen-bond donors (Lipinski definition) is 2. The minimum atomic E-state index is -0.523. The van der Waals surface area contributed by atoms with E-state index in [0.29, 0.717) is 24.7 Å². The summed E-state index contributed by atoms with van der Waals surface area (Å²) >= 11 is 0. The summed E-state index contributed by atoms with van der Waals surface area (Å²) < 4.78 is 11.5. The Balaban J connectivity index is 1.78. The number of hydrogen-bond acceptors (Lipinski definition) is 4. The molecule has 2 aliphatic rings. The maximum Gasteiger partial charge on any atom is 0.238 e. The number of nitrogens with one attached hydrogen (secondary N) is 1. The van der Waals surface area contributed by atoms with Crippen molar-refractivity contribution in [3.8, 4) is 0 Å². The molecule has 0 saturated heterocycles. The molecule has 0 spiro atoms. The van der Waals surface area contributed by atoms with Gasteiger partial charge in [-0.1, -0.05) is 6.42 Å². The van der Waals surface area contributed by atoms with Crippen molar-refractivity contribution >= 4 is 5.91 Å². The van der Waals surface area contributed by atoms with Crippen molar-refractivity contribution in [2.45, 2.75) is 69.1 Å². The first kappa shape index (κ1) is 16.7. The van der Waals surface area contributed by atoms with E-state index in [1.165, 1.54) is 6.42 Å². The zero-order valence-electron chi connectivity index (χ0n) is 13.4. The maximum absolute atomic E-state index is 11.8. The summed E-state index contributed by atoms with van der Waals surface area (Å²) in [5, 5.41) is 3.18. The van der Waals surface area contributed by atoms with Crippen LogP contribution in [0.4, 0.5) is 0 Å². The van der Waals surface area contributed by atoms with Crippen LogP contribution in [0.1, 0.15) is 51.4 Å². The molecule has 0 aliphatic heterocycles. The molecule has 1 amide bonds. The standard InChI is InChI=1S/C16H30N2O3/c1-18-16(15(17)19)9-4-5-12(16)8-10-21-14-7-3-6-13(11-14)20-2/h12-14,18H,3-11H2,1-2H3,(H2,17,19). The van der Waals surface area contributed by atoms with Gasteiger partial charge in [0.25, 0.3) is 0 Å². The van der Waals surface area contributed by atoms with E-state index in [4.69, 9.17) is 15.2 Å². The highest BCUT2D eigenvalue weighted by molar-refractivity contribution is 5.85. The van der Waals surface area contributed by atoms with E-state index in [-0.39, 0.29) is 5.91 Å². The Hall–Kier alpha value is -0.650. The molecule has 3 N–H and O–H groups in total. The van der Waals surface area contributed by atoms with Gasteiger partial charge in [-0.25, -0.2) is 0 Å². The molecule has 21 heavy (non-hydrogen) atoms. The number of carbonyl (C=O) groups is 1. The molecule has 4 unspecified atom stereocenters. The molecule has 2 saturated carbocycles. The molecule has 0 heterocycles. The first-order chi connectivity index (χ1) is 10.1. The molecule has 0 aromatic carbocycles. The van der Waals surface area contributed by atoms with Gasteiger partial charge in [-0.15, -0.1) is 0 Å². The molecule has 2 rings (SSSR count). The first-order valence-electron chi connectivity index (χ1n) is 8.25. The van der Waals surface area contributed by atoms with Crippen molar-refractivity contribution in [2.24, 2.45) is 11.7 Å². The summed E-state index contributed by atoms with van der Waals surface area (Å²) in [6.07, 6.45) is 8.95. The van der Waals surface area contributed by atoms with Crippen molar-refractivity contribution in [3.63, 3.8) is 0 Å². The van der Waals surface area contributed by atoms with Crippen LogP contribution in [0, 0.1) is 5.92 Å². The Morgan fingerprint density at radius 2 is 2.05 bits per heavy atom. The van der Waals surface area contributed by atoms with Gasteiger partial charge < -0.3 is 20.5 Å². The number of rotatable bonds is 7. The molecule has 0 aromatic heterocycles. The van der Waals surface area contributed by atoms with Crippen LogP contribution in [0.3, 0.4) is 0 Å². The molecule has 0 aromatic rings. The third-order valence-electron chi connectivity index (χ3n) is 5.44. The third-order valence-corrected chi connectivity index (χ3v) is 5.44. The van der Waals surface area contributed by atoms with E-state index in [0.717, 1.165) is 44.9 Å². The van der Waals surface area contributed by atoms with Gasteiger partial charge in [0.15, 0.2) is 0 Å². The second-order valence-corrected chi connectivity index (χ2v) is 6.48. The Bertz CT molecular complexity index is 350. The highest BCUT2D eigenvalue weighted by Crippen LogP contribution is 2.37. The number of primary amides is 1. The predicted molar refractivity (Wildman–Crippen MR) is 81.9 cm³/mol. The monoisotopic (exact) mass is 298 g/mol. The minimum Gasteiger partial charge on any atom is -0.381 e. The van der Waals surface area contributed by atoms with Gasteiger partial charge in [0.05, 0.1) is 12.2 Å². The summed E-state index contributed by atoms with van der Waals surface area (Å²) in [6, 6.07) is 0. The van der Waals surface area contributed by atoms with Crippen LogP contribution in [-0.4, -0.2) is 44.4 Å². The summed E-state index contributed by atoms with van der Waals surface area (Å²) in [5.74, 6) is 0.0754. The Labute approximate surface area is 127 Å². The summed E-state index contributed by atoms with van der Waals surface area (Å²) in [6.45, 7) is 0.711. The van der Waals surface area contributed by atoms with E-state index < -0.39 is 5.54 Å². The van der Waals surface area contributed by atoms with Crippen LogP contribution < -0.4 is 11.1 Å². The molecule has 0 bridgehead atoms. The summed E-state index contributed by atoms with van der Waals surface area (Å²) in [4.78, 5) is 11.8. The van der Waals surface area contributed by atoms with Crippen molar-refractivity contribution in [2.75, 3.05) is 20.8 Å². The topological polar surface area (TPSA) is 73.6 Å². The number of methoxy groups -OCH3 is 1. The zero-order valence-corrected chi connectivity index (χ0v) is 13.4. The molecule has 2 aliphatic carbocycles. The van der Waals surface area contributed by atoms with Crippen molar-refractivity contribution in [1.82, 2.24) is 5.32 Å². The Kier molecular flexibility index (Phi) is 6.02. The summed E-state index contributed by atoms with van der Waals surface area (Å²) in [5.41, 5.74) is 5.10. The van der Waals surface area contributed by atoms with E-state index in [1.807, 2.05) is 7.05 Å². The molecule has 4 atom stereocenters. The fourth-order valence-corrected chi connectivity index (χ4v) is 4.09. The third kappa shape index (κ3) is 3.76. The zero-order chi connectivity index (χ0) is 15.3. The molecule has 2 fully saturated rings. The fraction of sp³-hybridized carbons (Fsp3) is 0.938. The highest BCUT2D eigenvalue weighted by atomic mass is 16.5. The fourth-order valence-electron chi connectivity index (χ4n) is 4.09. The normalized spacial score (nSPS) is 36.8. The molecular formula is C16H30N2O3. The largest absolute Gasteiger partial charge is 0.381 e. The number of carbonyl (C=O) groups excluding carboxylic acids is 1. The van der Waals surface area contributed by atoms with Gasteiger partial charge in [-0.05, 0) is 57.9 Å². The van der Waals surface area contributed by atoms with Gasteiger partial charge in [-0.2, -0.15) is 0 Å². The van der Waals surface area contributed by atoms with Crippen LogP contribution in [0.25, 0.3) is 0 Å². The number of nitrogens with two attached hydrogens (primary N) is 1.